The minimum absolute atomic E-state index is 0. The molecule has 0 aromatic heterocycles. The summed E-state index contributed by atoms with van der Waals surface area (Å²) >= 11 is 0. The first-order chi connectivity index (χ1) is 10.7. The molecule has 0 aliphatic carbocycles. The molecule has 140 valence electrons. The highest BCUT2D eigenvalue weighted by molar-refractivity contribution is 5.85. The Morgan fingerprint density at radius 2 is 1.67 bits per heavy atom. The smallest absolute Gasteiger partial charge is 0.119 e. The lowest BCUT2D eigenvalue weighted by molar-refractivity contribution is 0.162. The Labute approximate surface area is 160 Å². The summed E-state index contributed by atoms with van der Waals surface area (Å²) in [7, 11) is 0. The predicted octanol–water partition coefficient (Wildman–Crippen LogP) is 4.84. The van der Waals surface area contributed by atoms with Crippen molar-refractivity contribution in [3.8, 4) is 5.75 Å². The summed E-state index contributed by atoms with van der Waals surface area (Å²) in [6.07, 6.45) is 5.43. The molecule has 1 aliphatic rings. The van der Waals surface area contributed by atoms with Gasteiger partial charge in [0.25, 0.3) is 0 Å². The van der Waals surface area contributed by atoms with Gasteiger partial charge < -0.3 is 10.1 Å². The van der Waals surface area contributed by atoms with Crippen molar-refractivity contribution in [3.05, 3.63) is 29.8 Å². The maximum Gasteiger partial charge on any atom is 0.119 e. The van der Waals surface area contributed by atoms with Crippen LogP contribution in [0.1, 0.15) is 58.1 Å². The van der Waals surface area contributed by atoms with Crippen LogP contribution in [0, 0.1) is 0 Å². The van der Waals surface area contributed by atoms with Crippen LogP contribution in [0.5, 0.6) is 5.75 Å². The van der Waals surface area contributed by atoms with E-state index in [0.29, 0.717) is 6.04 Å². The summed E-state index contributed by atoms with van der Waals surface area (Å²) in [4.78, 5) is 2.64. The van der Waals surface area contributed by atoms with Gasteiger partial charge in [-0.05, 0) is 38.0 Å². The van der Waals surface area contributed by atoms with Crippen LogP contribution < -0.4 is 10.1 Å². The first-order valence-corrected chi connectivity index (χ1v) is 8.92. The topological polar surface area (TPSA) is 24.5 Å². The van der Waals surface area contributed by atoms with Gasteiger partial charge >= 0.3 is 0 Å². The van der Waals surface area contributed by atoms with Crippen molar-refractivity contribution < 1.29 is 4.74 Å². The molecule has 3 nitrogen and oxygen atoms in total. The van der Waals surface area contributed by atoms with Gasteiger partial charge in [0, 0.05) is 32.2 Å². The van der Waals surface area contributed by atoms with E-state index >= 15 is 0 Å². The molecule has 1 aliphatic heterocycles. The van der Waals surface area contributed by atoms with E-state index in [9.17, 15) is 0 Å². The third kappa shape index (κ3) is 7.60. The Morgan fingerprint density at radius 1 is 1.04 bits per heavy atom. The van der Waals surface area contributed by atoms with E-state index in [0.717, 1.165) is 31.9 Å². The summed E-state index contributed by atoms with van der Waals surface area (Å²) in [5, 5.41) is 3.46. The van der Waals surface area contributed by atoms with Crippen LogP contribution in [-0.4, -0.2) is 37.2 Å². The fourth-order valence-electron chi connectivity index (χ4n) is 3.18. The van der Waals surface area contributed by atoms with Gasteiger partial charge in [0.2, 0.25) is 0 Å². The van der Waals surface area contributed by atoms with Crippen LogP contribution in [0.3, 0.4) is 0 Å². The fourth-order valence-corrected chi connectivity index (χ4v) is 3.18. The molecule has 1 fully saturated rings. The van der Waals surface area contributed by atoms with Gasteiger partial charge in [-0.15, -0.1) is 24.8 Å². The first kappa shape index (κ1) is 23.5. The lowest BCUT2D eigenvalue weighted by atomic mass is 9.98. The summed E-state index contributed by atoms with van der Waals surface area (Å²) in [6, 6.07) is 9.34. The minimum atomic E-state index is 0. The summed E-state index contributed by atoms with van der Waals surface area (Å²) in [5.74, 6) is 0.978. The molecule has 0 bridgehead atoms. The van der Waals surface area contributed by atoms with Gasteiger partial charge in [0.15, 0.2) is 0 Å². The number of halogens is 2. The predicted molar refractivity (Wildman–Crippen MR) is 108 cm³/mol. The number of hydrogen-bond donors (Lipinski definition) is 1. The highest BCUT2D eigenvalue weighted by Crippen LogP contribution is 2.28. The zero-order valence-electron chi connectivity index (χ0n) is 15.3. The summed E-state index contributed by atoms with van der Waals surface area (Å²) in [6.45, 7) is 10.9. The maximum absolute atomic E-state index is 5.77. The summed E-state index contributed by atoms with van der Waals surface area (Å²) < 4.78 is 5.77. The van der Waals surface area contributed by atoms with Crippen LogP contribution in [0.25, 0.3) is 0 Å². The van der Waals surface area contributed by atoms with Crippen molar-refractivity contribution in [1.29, 1.82) is 0 Å². The van der Waals surface area contributed by atoms with E-state index < -0.39 is 0 Å². The fraction of sp³-hybridized carbons (Fsp3) is 0.684. The lowest BCUT2D eigenvalue weighted by Gasteiger charge is -2.35. The zero-order chi connectivity index (χ0) is 15.8. The van der Waals surface area contributed by atoms with Crippen molar-refractivity contribution in [2.75, 3.05) is 26.2 Å². The van der Waals surface area contributed by atoms with Gasteiger partial charge in [-0.25, -0.2) is 0 Å². The van der Waals surface area contributed by atoms with Crippen molar-refractivity contribution in [2.45, 2.75) is 58.6 Å². The molecule has 1 saturated heterocycles. The van der Waals surface area contributed by atoms with Crippen LogP contribution in [0.4, 0.5) is 0 Å². The maximum atomic E-state index is 5.77. The molecule has 0 spiro atoms. The minimum Gasteiger partial charge on any atom is -0.491 e. The normalized spacial score (nSPS) is 16.2. The molecule has 1 heterocycles. The van der Waals surface area contributed by atoms with E-state index in [1.54, 1.807) is 0 Å². The molecule has 0 amide bonds. The molecule has 5 heteroatoms. The number of nitrogens with zero attached hydrogens (tertiary/aromatic N) is 1. The third-order valence-corrected chi connectivity index (χ3v) is 4.31. The van der Waals surface area contributed by atoms with Gasteiger partial charge in [0.1, 0.15) is 5.75 Å². The second kappa shape index (κ2) is 12.8. The van der Waals surface area contributed by atoms with Gasteiger partial charge in [-0.1, -0.05) is 38.3 Å². The van der Waals surface area contributed by atoms with Crippen molar-refractivity contribution in [3.63, 3.8) is 0 Å². The number of unbranched alkanes of at least 4 members (excludes halogenated alkanes) is 2. The van der Waals surface area contributed by atoms with Crippen molar-refractivity contribution in [1.82, 2.24) is 10.2 Å². The quantitative estimate of drug-likeness (QED) is 0.656. The molecule has 0 radical (unpaired) electrons. The van der Waals surface area contributed by atoms with Crippen LogP contribution in [-0.2, 0) is 0 Å². The Kier molecular flexibility index (Phi) is 12.6. The molecule has 1 N–H and O–H groups in total. The Bertz CT molecular complexity index is 420. The number of ether oxygens (including phenoxy) is 1. The van der Waals surface area contributed by atoms with E-state index in [4.69, 9.17) is 4.74 Å². The van der Waals surface area contributed by atoms with Crippen molar-refractivity contribution in [2.24, 2.45) is 0 Å². The van der Waals surface area contributed by atoms with Gasteiger partial charge in [-0.3, -0.25) is 4.90 Å². The van der Waals surface area contributed by atoms with Crippen molar-refractivity contribution >= 4 is 24.8 Å². The average Bonchev–Trinajstić information content (AvgIpc) is 2.53. The molecular formula is C19H34Cl2N2O. The molecule has 2 rings (SSSR count). The Balaban J connectivity index is 0.00000264. The lowest BCUT2D eigenvalue weighted by Crippen LogP contribution is -2.45. The monoisotopic (exact) mass is 376 g/mol. The molecular weight excluding hydrogens is 343 g/mol. The second-order valence-corrected chi connectivity index (χ2v) is 6.53. The van der Waals surface area contributed by atoms with Crippen LogP contribution in [0.15, 0.2) is 24.3 Å². The molecule has 0 saturated carbocycles. The van der Waals surface area contributed by atoms with Crippen LogP contribution >= 0.6 is 24.8 Å². The first-order valence-electron chi connectivity index (χ1n) is 8.92. The second-order valence-electron chi connectivity index (χ2n) is 6.53. The zero-order valence-corrected chi connectivity index (χ0v) is 16.9. The van der Waals surface area contributed by atoms with Crippen LogP contribution in [0.2, 0.25) is 0 Å². The number of nitrogens with one attached hydrogen (secondary N) is 1. The number of piperazine rings is 1. The van der Waals surface area contributed by atoms with E-state index in [2.05, 4.69) is 55.3 Å². The Morgan fingerprint density at radius 3 is 2.21 bits per heavy atom. The number of rotatable bonds is 8. The SMILES string of the molecule is CCCCC[C@H](c1ccc(OC(C)C)cc1)N1CCNCC1.Cl.Cl. The molecule has 24 heavy (non-hydrogen) atoms. The van der Waals surface area contributed by atoms with Gasteiger partial charge in [-0.2, -0.15) is 0 Å². The standard InChI is InChI=1S/C19H32N2O.2ClH/c1-4-5-6-7-19(21-14-12-20-13-15-21)17-8-10-18(11-9-17)22-16(2)3;;/h8-11,16,19-20H,4-7,12-15H2,1-3H3;2*1H/t19-;;/m1../s1. The van der Waals surface area contributed by atoms with E-state index in [-0.39, 0.29) is 30.9 Å². The highest BCUT2D eigenvalue weighted by Gasteiger charge is 2.21. The van der Waals surface area contributed by atoms with E-state index in [1.165, 1.54) is 31.2 Å². The highest BCUT2D eigenvalue weighted by atomic mass is 35.5. The molecule has 0 unspecified atom stereocenters. The molecule has 1 aromatic carbocycles. The summed E-state index contributed by atoms with van der Waals surface area (Å²) in [5.41, 5.74) is 1.44. The largest absolute Gasteiger partial charge is 0.491 e. The molecule has 1 aromatic rings. The number of hydrogen-bond acceptors (Lipinski definition) is 3. The third-order valence-electron chi connectivity index (χ3n) is 4.31. The number of benzene rings is 1. The van der Waals surface area contributed by atoms with E-state index in [1.807, 2.05) is 0 Å². The Hall–Kier alpha value is -0.480. The van der Waals surface area contributed by atoms with Gasteiger partial charge in [0.05, 0.1) is 6.10 Å². The average molecular weight is 377 g/mol. The molecule has 1 atom stereocenters.